The van der Waals surface area contributed by atoms with Crippen LogP contribution in [0.15, 0.2) is 72.8 Å². The quantitative estimate of drug-likeness (QED) is 0.194. The first kappa shape index (κ1) is 12.7. The van der Waals surface area contributed by atoms with Crippen molar-refractivity contribution in [1.82, 2.24) is 0 Å². The molecule has 0 saturated heterocycles. The van der Waals surface area contributed by atoms with E-state index in [4.69, 9.17) is 0 Å². The van der Waals surface area contributed by atoms with Gasteiger partial charge in [-0.1, -0.05) is 72.8 Å². The summed E-state index contributed by atoms with van der Waals surface area (Å²) in [6.45, 7) is 0. The number of hydrogen-bond donors (Lipinski definition) is 0. The van der Waals surface area contributed by atoms with Crippen LogP contribution in [0, 0.1) is 0 Å². The Morgan fingerprint density at radius 1 is 0.381 bits per heavy atom. The Kier molecular flexibility index (Phi) is 2.74. The summed E-state index contributed by atoms with van der Waals surface area (Å²) < 4.78 is 0. The van der Waals surface area contributed by atoms with E-state index in [2.05, 4.69) is 72.8 Å². The van der Waals surface area contributed by atoms with E-state index in [1.807, 2.05) is 0 Å². The predicted octanol–water partition coefficient (Wildman–Crippen LogP) is 5.73. The fourth-order valence-electron chi connectivity index (χ4n) is 3.58. The second kappa shape index (κ2) is 4.51. The molecule has 0 bridgehead atoms. The minimum Gasteiger partial charge on any atom is -0.0610 e. The third kappa shape index (κ3) is 1.59. The molecule has 5 rings (SSSR count). The van der Waals surface area contributed by atoms with Crippen LogP contribution in [0.4, 0.5) is 0 Å². The SMILES string of the molecule is [Zn].c1cc2cccc3c4cccc5cccc(c(c1)c23)c54. The van der Waals surface area contributed by atoms with Gasteiger partial charge in [0, 0.05) is 19.5 Å². The van der Waals surface area contributed by atoms with Crippen LogP contribution in [0.1, 0.15) is 0 Å². The summed E-state index contributed by atoms with van der Waals surface area (Å²) in [6, 6.07) is 26.4. The van der Waals surface area contributed by atoms with Gasteiger partial charge in [0.2, 0.25) is 0 Å². The van der Waals surface area contributed by atoms with E-state index in [0.717, 1.165) is 0 Å². The maximum atomic E-state index is 2.25. The number of benzene rings is 5. The molecule has 1 heteroatoms. The van der Waals surface area contributed by atoms with Crippen LogP contribution < -0.4 is 0 Å². The number of hydrogen-bond acceptors (Lipinski definition) is 0. The molecular formula is C20H12Zn. The molecule has 0 amide bonds. The molecule has 0 saturated carbocycles. The van der Waals surface area contributed by atoms with Crippen LogP contribution in [0.25, 0.3) is 43.1 Å². The molecule has 0 aliphatic heterocycles. The maximum Gasteiger partial charge on any atom is 0 e. The summed E-state index contributed by atoms with van der Waals surface area (Å²) in [5.74, 6) is 0. The van der Waals surface area contributed by atoms with Crippen LogP contribution in [0.2, 0.25) is 0 Å². The third-order valence-corrected chi connectivity index (χ3v) is 4.39. The van der Waals surface area contributed by atoms with E-state index in [0.29, 0.717) is 0 Å². The van der Waals surface area contributed by atoms with Crippen molar-refractivity contribution >= 4 is 43.1 Å². The molecule has 5 aromatic carbocycles. The molecular weight excluding hydrogens is 306 g/mol. The van der Waals surface area contributed by atoms with Gasteiger partial charge in [-0.05, 0) is 43.1 Å². The number of fused-ring (bicyclic) bond motifs is 2. The third-order valence-electron chi connectivity index (χ3n) is 4.39. The standard InChI is InChI=1S/C20H12.Zn/c1-5-13-6-2-11-17-18-12-4-8-14-7-3-10-16(20(14)18)15(9-1)19(13)17;/h1-12H;. The van der Waals surface area contributed by atoms with Gasteiger partial charge < -0.3 is 0 Å². The molecule has 0 unspecified atom stereocenters. The molecule has 0 nitrogen and oxygen atoms in total. The second-order valence-corrected chi connectivity index (χ2v) is 5.42. The Labute approximate surface area is 135 Å². The van der Waals surface area contributed by atoms with Gasteiger partial charge in [-0.3, -0.25) is 0 Å². The van der Waals surface area contributed by atoms with E-state index in [1.54, 1.807) is 0 Å². The summed E-state index contributed by atoms with van der Waals surface area (Å²) in [6.07, 6.45) is 0. The van der Waals surface area contributed by atoms with Gasteiger partial charge >= 0.3 is 0 Å². The van der Waals surface area contributed by atoms with E-state index in [1.165, 1.54) is 43.1 Å². The fourth-order valence-corrected chi connectivity index (χ4v) is 3.58. The van der Waals surface area contributed by atoms with Crippen LogP contribution in [-0.2, 0) is 19.5 Å². The molecule has 0 fully saturated rings. The minimum atomic E-state index is 0. The van der Waals surface area contributed by atoms with Gasteiger partial charge in [-0.2, -0.15) is 0 Å². The molecule has 94 valence electrons. The molecule has 0 radical (unpaired) electrons. The van der Waals surface area contributed by atoms with Gasteiger partial charge in [0.15, 0.2) is 0 Å². The van der Waals surface area contributed by atoms with Crippen molar-refractivity contribution in [3.63, 3.8) is 0 Å². The number of rotatable bonds is 0. The summed E-state index contributed by atoms with van der Waals surface area (Å²) in [5, 5.41) is 10.9. The zero-order valence-corrected chi connectivity index (χ0v) is 14.6. The molecule has 0 atom stereocenters. The minimum absolute atomic E-state index is 0. The van der Waals surface area contributed by atoms with E-state index >= 15 is 0 Å². The van der Waals surface area contributed by atoms with E-state index in [-0.39, 0.29) is 19.5 Å². The largest absolute Gasteiger partial charge is 0.0610 e. The summed E-state index contributed by atoms with van der Waals surface area (Å²) in [7, 11) is 0. The van der Waals surface area contributed by atoms with E-state index < -0.39 is 0 Å². The van der Waals surface area contributed by atoms with Gasteiger partial charge in [0.25, 0.3) is 0 Å². The Morgan fingerprint density at radius 3 is 0.952 bits per heavy atom. The molecule has 5 aromatic rings. The first-order valence-corrected chi connectivity index (χ1v) is 6.98. The molecule has 21 heavy (non-hydrogen) atoms. The average Bonchev–Trinajstić information content (AvgIpc) is 2.52. The molecule has 0 aromatic heterocycles. The van der Waals surface area contributed by atoms with Gasteiger partial charge in [-0.15, -0.1) is 0 Å². The monoisotopic (exact) mass is 316 g/mol. The van der Waals surface area contributed by atoms with Crippen LogP contribution >= 0.6 is 0 Å². The topological polar surface area (TPSA) is 0 Å². The summed E-state index contributed by atoms with van der Waals surface area (Å²) in [5.41, 5.74) is 0. The second-order valence-electron chi connectivity index (χ2n) is 5.42. The molecule has 0 spiro atoms. The zero-order valence-electron chi connectivity index (χ0n) is 11.6. The van der Waals surface area contributed by atoms with Gasteiger partial charge in [0.1, 0.15) is 0 Å². The van der Waals surface area contributed by atoms with Crippen molar-refractivity contribution in [2.75, 3.05) is 0 Å². The molecule has 0 aliphatic rings. The van der Waals surface area contributed by atoms with Crippen molar-refractivity contribution in [2.45, 2.75) is 0 Å². The summed E-state index contributed by atoms with van der Waals surface area (Å²) >= 11 is 0. The Hall–Kier alpha value is -1.98. The van der Waals surface area contributed by atoms with Crippen molar-refractivity contribution in [3.05, 3.63) is 72.8 Å². The first-order valence-electron chi connectivity index (χ1n) is 6.98. The van der Waals surface area contributed by atoms with E-state index in [9.17, 15) is 0 Å². The Balaban J connectivity index is 0.00000115. The Morgan fingerprint density at radius 2 is 0.667 bits per heavy atom. The van der Waals surface area contributed by atoms with Crippen LogP contribution in [-0.4, -0.2) is 0 Å². The average molecular weight is 318 g/mol. The Bertz CT molecular complexity index is 923. The maximum absolute atomic E-state index is 2.25. The molecule has 0 aliphatic carbocycles. The van der Waals surface area contributed by atoms with Crippen molar-refractivity contribution in [1.29, 1.82) is 0 Å². The zero-order chi connectivity index (χ0) is 13.1. The van der Waals surface area contributed by atoms with Gasteiger partial charge in [-0.25, -0.2) is 0 Å². The van der Waals surface area contributed by atoms with Crippen LogP contribution in [0.5, 0.6) is 0 Å². The first-order chi connectivity index (χ1) is 9.93. The van der Waals surface area contributed by atoms with Crippen LogP contribution in [0.3, 0.4) is 0 Å². The smallest absolute Gasteiger partial charge is 0 e. The van der Waals surface area contributed by atoms with Crippen molar-refractivity contribution < 1.29 is 19.5 Å². The molecule has 0 heterocycles. The fraction of sp³-hybridized carbons (Fsp3) is 0. The van der Waals surface area contributed by atoms with Gasteiger partial charge in [0.05, 0.1) is 0 Å². The molecule has 0 N–H and O–H groups in total. The predicted molar refractivity (Wildman–Crippen MR) is 87.7 cm³/mol. The normalized spacial score (nSPS) is 11.4. The van der Waals surface area contributed by atoms with Crippen molar-refractivity contribution in [3.8, 4) is 0 Å². The van der Waals surface area contributed by atoms with Crippen molar-refractivity contribution in [2.24, 2.45) is 0 Å². The summed E-state index contributed by atoms with van der Waals surface area (Å²) in [4.78, 5) is 0.